The number of pyridine rings is 1. The van der Waals surface area contributed by atoms with Crippen LogP contribution >= 0.6 is 11.6 Å². The normalized spacial score (nSPS) is 21.9. The molecule has 1 aliphatic heterocycles. The third-order valence-corrected chi connectivity index (χ3v) is 6.53. The number of amides is 3. The van der Waals surface area contributed by atoms with Gasteiger partial charge in [0.2, 0.25) is 5.91 Å². The topological polar surface area (TPSA) is 101 Å². The summed E-state index contributed by atoms with van der Waals surface area (Å²) in [5.41, 5.74) is 3.06. The predicted molar refractivity (Wildman–Crippen MR) is 120 cm³/mol. The molecule has 166 valence electrons. The molecule has 31 heavy (non-hydrogen) atoms. The molecule has 3 amide bonds. The van der Waals surface area contributed by atoms with Gasteiger partial charge in [-0.2, -0.15) is 5.10 Å². The highest BCUT2D eigenvalue weighted by molar-refractivity contribution is 6.33. The van der Waals surface area contributed by atoms with Gasteiger partial charge in [0.1, 0.15) is 5.82 Å². The fourth-order valence-corrected chi connectivity index (χ4v) is 4.92. The smallest absolute Gasteiger partial charge is 0.320 e. The number of halogens is 1. The summed E-state index contributed by atoms with van der Waals surface area (Å²) in [6, 6.07) is 1.21. The van der Waals surface area contributed by atoms with Crippen molar-refractivity contribution in [1.82, 2.24) is 25.4 Å². The standard InChI is InChI=1S/C22H29ClN6O2/c1-22(2)9-18-15(10-26-29(18)12-22)14-8-19(25-11-16(14)23)28-21(31)27-17-7-5-4-6-13(17)20(30)24-3/h8,10-11,13,17H,4-7,9,12H2,1-3H3,(H,24,30)(H2,25,27,28,31). The fraction of sp³-hybridized carbons (Fsp3) is 0.545. The summed E-state index contributed by atoms with van der Waals surface area (Å²) in [5.74, 6) is 0.160. The van der Waals surface area contributed by atoms with E-state index in [1.54, 1.807) is 19.3 Å². The molecule has 0 aromatic carbocycles. The number of nitrogens with zero attached hydrogens (tertiary/aromatic N) is 3. The number of carbonyl (C=O) groups excluding carboxylic acids is 2. The maximum atomic E-state index is 12.6. The van der Waals surface area contributed by atoms with E-state index in [0.29, 0.717) is 10.8 Å². The van der Waals surface area contributed by atoms with Crippen LogP contribution in [0.5, 0.6) is 0 Å². The lowest BCUT2D eigenvalue weighted by molar-refractivity contribution is -0.126. The minimum absolute atomic E-state index is 0.0325. The van der Waals surface area contributed by atoms with Gasteiger partial charge in [-0.1, -0.05) is 38.3 Å². The summed E-state index contributed by atoms with van der Waals surface area (Å²) in [6.45, 7) is 5.30. The van der Waals surface area contributed by atoms with Crippen LogP contribution in [-0.4, -0.2) is 39.8 Å². The molecule has 9 heteroatoms. The van der Waals surface area contributed by atoms with E-state index in [9.17, 15) is 9.59 Å². The van der Waals surface area contributed by atoms with Gasteiger partial charge in [-0.15, -0.1) is 0 Å². The van der Waals surface area contributed by atoms with Crippen molar-refractivity contribution in [3.05, 3.63) is 29.2 Å². The zero-order valence-electron chi connectivity index (χ0n) is 18.2. The SMILES string of the molecule is CNC(=O)C1CCCCC1NC(=O)Nc1cc(-c2cnn3c2CC(C)(C)C3)c(Cl)cn1. The molecule has 2 aromatic heterocycles. The minimum atomic E-state index is -0.372. The Bertz CT molecular complexity index is 1000. The van der Waals surface area contributed by atoms with Crippen LogP contribution in [0.15, 0.2) is 18.5 Å². The summed E-state index contributed by atoms with van der Waals surface area (Å²) in [4.78, 5) is 29.1. The van der Waals surface area contributed by atoms with Gasteiger partial charge in [0.15, 0.2) is 0 Å². The van der Waals surface area contributed by atoms with Gasteiger partial charge in [-0.3, -0.25) is 14.8 Å². The molecule has 2 aromatic rings. The van der Waals surface area contributed by atoms with Crippen LogP contribution in [0.1, 0.15) is 45.2 Å². The number of urea groups is 1. The van der Waals surface area contributed by atoms with Crippen molar-refractivity contribution < 1.29 is 9.59 Å². The molecule has 3 N–H and O–H groups in total. The molecule has 1 saturated carbocycles. The third-order valence-electron chi connectivity index (χ3n) is 6.23. The second-order valence-corrected chi connectivity index (χ2v) is 9.67. The zero-order valence-corrected chi connectivity index (χ0v) is 18.9. The van der Waals surface area contributed by atoms with E-state index in [1.165, 1.54) is 0 Å². The Morgan fingerprint density at radius 1 is 1.19 bits per heavy atom. The number of fused-ring (bicyclic) bond motifs is 1. The van der Waals surface area contributed by atoms with Gasteiger partial charge >= 0.3 is 6.03 Å². The number of rotatable bonds is 4. The highest BCUT2D eigenvalue weighted by Gasteiger charge is 2.33. The molecule has 0 saturated heterocycles. The molecule has 3 heterocycles. The minimum Gasteiger partial charge on any atom is -0.359 e. The molecule has 1 aliphatic carbocycles. The molecule has 4 rings (SSSR count). The van der Waals surface area contributed by atoms with Crippen molar-refractivity contribution in [3.8, 4) is 11.1 Å². The summed E-state index contributed by atoms with van der Waals surface area (Å²) < 4.78 is 2.02. The number of hydrogen-bond acceptors (Lipinski definition) is 4. The van der Waals surface area contributed by atoms with Crippen LogP contribution in [0.3, 0.4) is 0 Å². The first-order valence-corrected chi connectivity index (χ1v) is 11.1. The summed E-state index contributed by atoms with van der Waals surface area (Å²) in [7, 11) is 1.63. The van der Waals surface area contributed by atoms with Crippen LogP contribution in [0.2, 0.25) is 5.02 Å². The van der Waals surface area contributed by atoms with Crippen molar-refractivity contribution >= 4 is 29.4 Å². The van der Waals surface area contributed by atoms with Crippen LogP contribution < -0.4 is 16.0 Å². The average molecular weight is 445 g/mol. The molecule has 1 fully saturated rings. The van der Waals surface area contributed by atoms with E-state index >= 15 is 0 Å². The Balaban J connectivity index is 1.49. The van der Waals surface area contributed by atoms with E-state index < -0.39 is 0 Å². The molecule has 0 bridgehead atoms. The van der Waals surface area contributed by atoms with E-state index in [2.05, 4.69) is 39.9 Å². The Labute approximate surface area is 187 Å². The molecule has 2 unspecified atom stereocenters. The first-order valence-electron chi connectivity index (χ1n) is 10.8. The summed E-state index contributed by atoms with van der Waals surface area (Å²) in [5, 5.41) is 13.5. The van der Waals surface area contributed by atoms with Gasteiger partial charge in [0.05, 0.1) is 17.1 Å². The van der Waals surface area contributed by atoms with E-state index in [0.717, 1.165) is 55.5 Å². The van der Waals surface area contributed by atoms with Crippen LogP contribution in [-0.2, 0) is 17.8 Å². The van der Waals surface area contributed by atoms with Crippen LogP contribution in [0, 0.1) is 11.3 Å². The molecule has 2 atom stereocenters. The maximum absolute atomic E-state index is 12.6. The van der Waals surface area contributed by atoms with E-state index in [-0.39, 0.29) is 29.3 Å². The number of aromatic nitrogens is 3. The largest absolute Gasteiger partial charge is 0.359 e. The zero-order chi connectivity index (χ0) is 22.2. The van der Waals surface area contributed by atoms with Gasteiger partial charge < -0.3 is 10.6 Å². The summed E-state index contributed by atoms with van der Waals surface area (Å²) in [6.07, 6.45) is 7.82. The Kier molecular flexibility index (Phi) is 5.92. The molecule has 2 aliphatic rings. The second-order valence-electron chi connectivity index (χ2n) is 9.26. The van der Waals surface area contributed by atoms with Crippen LogP contribution in [0.4, 0.5) is 10.6 Å². The Morgan fingerprint density at radius 3 is 2.74 bits per heavy atom. The third kappa shape index (κ3) is 4.54. The first kappa shape index (κ1) is 21.6. The highest BCUT2D eigenvalue weighted by Crippen LogP contribution is 2.39. The van der Waals surface area contributed by atoms with Crippen LogP contribution in [0.25, 0.3) is 11.1 Å². The van der Waals surface area contributed by atoms with E-state index in [1.807, 2.05) is 10.9 Å². The van der Waals surface area contributed by atoms with Crippen molar-refractivity contribution in [2.75, 3.05) is 12.4 Å². The predicted octanol–water partition coefficient (Wildman–Crippen LogP) is 3.61. The quantitative estimate of drug-likeness (QED) is 0.670. The molecule has 0 radical (unpaired) electrons. The van der Waals surface area contributed by atoms with Crippen molar-refractivity contribution in [2.45, 2.75) is 58.5 Å². The number of carbonyl (C=O) groups is 2. The van der Waals surface area contributed by atoms with Gasteiger partial charge in [-0.25, -0.2) is 9.78 Å². The maximum Gasteiger partial charge on any atom is 0.320 e. The van der Waals surface area contributed by atoms with Crippen molar-refractivity contribution in [2.24, 2.45) is 11.3 Å². The molecule has 8 nitrogen and oxygen atoms in total. The number of nitrogens with one attached hydrogen (secondary N) is 3. The first-order chi connectivity index (χ1) is 14.8. The number of anilines is 1. The van der Waals surface area contributed by atoms with Crippen molar-refractivity contribution in [3.63, 3.8) is 0 Å². The Hall–Kier alpha value is -2.61. The Morgan fingerprint density at radius 2 is 1.97 bits per heavy atom. The number of hydrogen-bond donors (Lipinski definition) is 3. The lowest BCUT2D eigenvalue weighted by Crippen LogP contribution is -2.49. The van der Waals surface area contributed by atoms with Crippen molar-refractivity contribution in [1.29, 1.82) is 0 Å². The fourth-order valence-electron chi connectivity index (χ4n) is 4.71. The average Bonchev–Trinajstić information content (AvgIpc) is 3.24. The summed E-state index contributed by atoms with van der Waals surface area (Å²) >= 11 is 6.45. The molecular formula is C22H29ClN6O2. The molecular weight excluding hydrogens is 416 g/mol. The van der Waals surface area contributed by atoms with E-state index in [4.69, 9.17) is 11.6 Å². The molecule has 0 spiro atoms. The van der Waals surface area contributed by atoms with Gasteiger partial charge in [0.25, 0.3) is 0 Å². The monoisotopic (exact) mass is 444 g/mol. The van der Waals surface area contributed by atoms with Gasteiger partial charge in [0, 0.05) is 42.7 Å². The van der Waals surface area contributed by atoms with Gasteiger partial charge in [-0.05, 0) is 30.7 Å². The highest BCUT2D eigenvalue weighted by atomic mass is 35.5. The lowest BCUT2D eigenvalue weighted by atomic mass is 9.84. The second kappa shape index (κ2) is 8.49. The lowest BCUT2D eigenvalue weighted by Gasteiger charge is -2.30.